The zero-order chi connectivity index (χ0) is 24.6. The number of Topliss-reactive ketones (excluding diaryl/α,β-unsaturated/α-hetero) is 1. The van der Waals surface area contributed by atoms with Crippen LogP contribution in [-0.2, 0) is 17.8 Å². The quantitative estimate of drug-likeness (QED) is 0.264. The molecule has 178 valence electrons. The van der Waals surface area contributed by atoms with Gasteiger partial charge in [-0.25, -0.2) is 0 Å². The van der Waals surface area contributed by atoms with Crippen molar-refractivity contribution in [3.05, 3.63) is 95.8 Å². The van der Waals surface area contributed by atoms with Gasteiger partial charge in [-0.2, -0.15) is 0 Å². The van der Waals surface area contributed by atoms with Crippen LogP contribution in [0.25, 0.3) is 11.4 Å². The van der Waals surface area contributed by atoms with Crippen molar-refractivity contribution in [1.29, 1.82) is 0 Å². The molecule has 0 radical (unpaired) electrons. The third-order valence-electron chi connectivity index (χ3n) is 5.50. The average molecular weight is 486 g/mol. The molecule has 2 heterocycles. The van der Waals surface area contributed by atoms with Gasteiger partial charge in [0, 0.05) is 37.0 Å². The standard InChI is InChI=1S/C27H27N5O2S/c1-19(25(34)23-12-10-21(11-13-23)14-16-29-20(2)33)35-27-31-30-26(24-9-6-15-28-17-24)32(27)18-22-7-4-3-5-8-22/h3-13,15,17,19H,14,16,18H2,1-2H3,(H,29,33). The van der Waals surface area contributed by atoms with E-state index in [4.69, 9.17) is 0 Å². The van der Waals surface area contributed by atoms with E-state index >= 15 is 0 Å². The molecule has 0 aliphatic carbocycles. The Balaban J connectivity index is 1.51. The Hall–Kier alpha value is -3.78. The van der Waals surface area contributed by atoms with Crippen LogP contribution in [0.2, 0.25) is 0 Å². The molecular formula is C27H27N5O2S. The van der Waals surface area contributed by atoms with Crippen molar-refractivity contribution in [2.75, 3.05) is 6.54 Å². The van der Waals surface area contributed by atoms with Gasteiger partial charge >= 0.3 is 0 Å². The first-order valence-electron chi connectivity index (χ1n) is 11.4. The molecule has 1 atom stereocenters. The molecule has 0 bridgehead atoms. The summed E-state index contributed by atoms with van der Waals surface area (Å²) in [6.45, 7) is 4.56. The van der Waals surface area contributed by atoms with Gasteiger partial charge in [-0.1, -0.05) is 66.4 Å². The number of carbonyl (C=O) groups excluding carboxylic acids is 2. The van der Waals surface area contributed by atoms with Crippen molar-refractivity contribution in [2.24, 2.45) is 0 Å². The second-order valence-corrected chi connectivity index (χ2v) is 9.48. The molecule has 1 N–H and O–H groups in total. The molecule has 4 rings (SSSR count). The number of thioether (sulfide) groups is 1. The maximum atomic E-state index is 13.2. The van der Waals surface area contributed by atoms with Gasteiger partial charge in [0.1, 0.15) is 0 Å². The Morgan fingerprint density at radius 1 is 0.971 bits per heavy atom. The first kappa shape index (κ1) is 24.3. The number of carbonyl (C=O) groups is 2. The normalized spacial score (nSPS) is 11.7. The molecule has 0 spiro atoms. The third kappa shape index (κ3) is 6.42. The van der Waals surface area contributed by atoms with Crippen molar-refractivity contribution >= 4 is 23.5 Å². The summed E-state index contributed by atoms with van der Waals surface area (Å²) >= 11 is 1.40. The summed E-state index contributed by atoms with van der Waals surface area (Å²) in [5, 5.41) is 12.0. The molecule has 7 nitrogen and oxygen atoms in total. The van der Waals surface area contributed by atoms with Crippen LogP contribution < -0.4 is 5.32 Å². The van der Waals surface area contributed by atoms with Crippen LogP contribution in [0.3, 0.4) is 0 Å². The number of rotatable bonds is 10. The van der Waals surface area contributed by atoms with Crippen LogP contribution in [0, 0.1) is 0 Å². The van der Waals surface area contributed by atoms with Gasteiger partial charge in [0.2, 0.25) is 5.91 Å². The fraction of sp³-hybridized carbons (Fsp3) is 0.222. The van der Waals surface area contributed by atoms with Gasteiger partial charge in [-0.05, 0) is 36.6 Å². The summed E-state index contributed by atoms with van der Waals surface area (Å²) in [5.74, 6) is 0.697. The molecule has 8 heteroatoms. The molecule has 35 heavy (non-hydrogen) atoms. The van der Waals surface area contributed by atoms with E-state index in [2.05, 4.69) is 32.6 Å². The van der Waals surface area contributed by atoms with Gasteiger partial charge in [0.25, 0.3) is 0 Å². The minimum atomic E-state index is -0.347. The van der Waals surface area contributed by atoms with Crippen LogP contribution in [-0.4, -0.2) is 43.2 Å². The van der Waals surface area contributed by atoms with Crippen molar-refractivity contribution in [3.63, 3.8) is 0 Å². The summed E-state index contributed by atoms with van der Waals surface area (Å²) in [7, 11) is 0. The van der Waals surface area contributed by atoms with Crippen molar-refractivity contribution in [1.82, 2.24) is 25.1 Å². The molecule has 0 aliphatic heterocycles. The number of pyridine rings is 1. The van der Waals surface area contributed by atoms with Gasteiger partial charge in [0.15, 0.2) is 16.8 Å². The summed E-state index contributed by atoms with van der Waals surface area (Å²) < 4.78 is 2.03. The van der Waals surface area contributed by atoms with E-state index in [1.54, 1.807) is 12.4 Å². The highest BCUT2D eigenvalue weighted by Crippen LogP contribution is 2.29. The highest BCUT2D eigenvalue weighted by molar-refractivity contribution is 8.00. The maximum Gasteiger partial charge on any atom is 0.216 e. The van der Waals surface area contributed by atoms with E-state index < -0.39 is 0 Å². The van der Waals surface area contributed by atoms with Crippen LogP contribution in [0.5, 0.6) is 0 Å². The number of nitrogens with one attached hydrogen (secondary N) is 1. The van der Waals surface area contributed by atoms with E-state index in [-0.39, 0.29) is 16.9 Å². The molecule has 0 fully saturated rings. The third-order valence-corrected chi connectivity index (χ3v) is 6.58. The number of nitrogens with zero attached hydrogens (tertiary/aromatic N) is 4. The molecule has 0 saturated heterocycles. The van der Waals surface area contributed by atoms with Gasteiger partial charge < -0.3 is 5.32 Å². The summed E-state index contributed by atoms with van der Waals surface area (Å²) in [6.07, 6.45) is 4.21. The minimum absolute atomic E-state index is 0.0283. The number of hydrogen-bond donors (Lipinski definition) is 1. The van der Waals surface area contributed by atoms with Crippen molar-refractivity contribution in [2.45, 2.75) is 37.2 Å². The Bertz CT molecular complexity index is 1270. The van der Waals surface area contributed by atoms with E-state index in [0.717, 1.165) is 23.1 Å². The molecule has 1 unspecified atom stereocenters. The first-order chi connectivity index (χ1) is 17.0. The summed E-state index contributed by atoms with van der Waals surface area (Å²) in [5.41, 5.74) is 3.71. The van der Waals surface area contributed by atoms with E-state index in [0.29, 0.717) is 29.6 Å². The Morgan fingerprint density at radius 2 is 1.74 bits per heavy atom. The zero-order valence-electron chi connectivity index (χ0n) is 19.7. The zero-order valence-corrected chi connectivity index (χ0v) is 20.5. The second-order valence-electron chi connectivity index (χ2n) is 8.17. The second kappa shape index (κ2) is 11.6. The Kier molecular flexibility index (Phi) is 8.05. The van der Waals surface area contributed by atoms with Crippen molar-refractivity contribution in [3.8, 4) is 11.4 Å². The number of hydrogen-bond acceptors (Lipinski definition) is 6. The smallest absolute Gasteiger partial charge is 0.216 e. The predicted octanol–water partition coefficient (Wildman–Crippen LogP) is 4.43. The number of amides is 1. The molecular weight excluding hydrogens is 458 g/mol. The molecule has 2 aromatic carbocycles. The van der Waals surface area contributed by atoms with Crippen LogP contribution in [0.1, 0.15) is 35.3 Å². The lowest BCUT2D eigenvalue weighted by Gasteiger charge is -2.13. The highest BCUT2D eigenvalue weighted by Gasteiger charge is 2.22. The first-order valence-corrected chi connectivity index (χ1v) is 12.3. The maximum absolute atomic E-state index is 13.2. The lowest BCUT2D eigenvalue weighted by atomic mass is 10.0. The van der Waals surface area contributed by atoms with Gasteiger partial charge in [-0.3, -0.25) is 19.1 Å². The fourth-order valence-electron chi connectivity index (χ4n) is 3.66. The van der Waals surface area contributed by atoms with Crippen LogP contribution in [0.15, 0.2) is 84.3 Å². The van der Waals surface area contributed by atoms with Crippen molar-refractivity contribution < 1.29 is 9.59 Å². The number of aromatic nitrogens is 4. The van der Waals surface area contributed by atoms with E-state index in [1.807, 2.05) is 66.1 Å². The number of benzene rings is 2. The minimum Gasteiger partial charge on any atom is -0.356 e. The van der Waals surface area contributed by atoms with E-state index in [9.17, 15) is 9.59 Å². The lowest BCUT2D eigenvalue weighted by Crippen LogP contribution is -2.22. The van der Waals surface area contributed by atoms with Gasteiger partial charge in [0.05, 0.1) is 11.8 Å². The Labute approximate surface area is 209 Å². The Morgan fingerprint density at radius 3 is 2.43 bits per heavy atom. The van der Waals surface area contributed by atoms with E-state index in [1.165, 1.54) is 18.7 Å². The fourth-order valence-corrected chi connectivity index (χ4v) is 4.58. The molecule has 0 saturated carbocycles. The largest absolute Gasteiger partial charge is 0.356 e. The van der Waals surface area contributed by atoms with Crippen LogP contribution >= 0.6 is 11.8 Å². The predicted molar refractivity (Wildman–Crippen MR) is 137 cm³/mol. The molecule has 0 aliphatic rings. The average Bonchev–Trinajstić information content (AvgIpc) is 3.26. The topological polar surface area (TPSA) is 89.8 Å². The number of ketones is 1. The SMILES string of the molecule is CC(=O)NCCc1ccc(C(=O)C(C)Sc2nnc(-c3cccnc3)n2Cc2ccccc2)cc1. The lowest BCUT2D eigenvalue weighted by molar-refractivity contribution is -0.118. The molecule has 2 aromatic heterocycles. The summed E-state index contributed by atoms with van der Waals surface area (Å²) in [4.78, 5) is 28.4. The monoisotopic (exact) mass is 485 g/mol. The molecule has 4 aromatic rings. The van der Waals surface area contributed by atoms with Gasteiger partial charge in [-0.15, -0.1) is 10.2 Å². The molecule has 1 amide bonds. The van der Waals surface area contributed by atoms with Crippen LogP contribution in [0.4, 0.5) is 0 Å². The highest BCUT2D eigenvalue weighted by atomic mass is 32.2. The summed E-state index contributed by atoms with van der Waals surface area (Å²) in [6, 6.07) is 21.5.